The zero-order valence-electron chi connectivity index (χ0n) is 14.3. The smallest absolute Gasteiger partial charge is 0.203 e. The van der Waals surface area contributed by atoms with Gasteiger partial charge in [-0.3, -0.25) is 9.47 Å². The first-order valence-corrected chi connectivity index (χ1v) is 9.63. The fourth-order valence-corrected chi connectivity index (χ4v) is 4.13. The Morgan fingerprint density at radius 2 is 1.33 bits per heavy atom. The Bertz CT molecular complexity index is 950. The lowest BCUT2D eigenvalue weighted by molar-refractivity contribution is 0.277. The molecule has 0 aliphatic carbocycles. The first-order chi connectivity index (χ1) is 12.9. The molecule has 3 aromatic rings. The number of fused-ring (bicyclic) bond motifs is 1. The van der Waals surface area contributed by atoms with Gasteiger partial charge in [-0.05, 0) is 42.3 Å². The second-order valence-corrected chi connectivity index (χ2v) is 7.96. The molecular formula is C20H17Cl3N2O2. The van der Waals surface area contributed by atoms with Crippen molar-refractivity contribution >= 4 is 34.8 Å². The first kappa shape index (κ1) is 18.5. The van der Waals surface area contributed by atoms with Crippen molar-refractivity contribution in [2.45, 2.75) is 19.5 Å². The van der Waals surface area contributed by atoms with Crippen LogP contribution in [0.15, 0.2) is 42.5 Å². The molecule has 0 saturated carbocycles. The van der Waals surface area contributed by atoms with Crippen molar-refractivity contribution in [3.05, 3.63) is 74.2 Å². The van der Waals surface area contributed by atoms with Crippen molar-refractivity contribution in [1.82, 2.24) is 9.47 Å². The maximum Gasteiger partial charge on any atom is 0.203 e. The normalized spacial score (nSPS) is 13.9. The molecule has 2 heterocycles. The van der Waals surface area contributed by atoms with Crippen molar-refractivity contribution in [1.29, 1.82) is 0 Å². The Balaban J connectivity index is 1.53. The maximum absolute atomic E-state index is 10.7. The van der Waals surface area contributed by atoms with E-state index in [9.17, 15) is 10.2 Å². The summed E-state index contributed by atoms with van der Waals surface area (Å²) in [5.74, 6) is 0.0460. The Morgan fingerprint density at radius 3 is 1.89 bits per heavy atom. The average molecular weight is 424 g/mol. The third-order valence-corrected chi connectivity index (χ3v) is 5.52. The Labute approximate surface area is 172 Å². The maximum atomic E-state index is 10.7. The third kappa shape index (κ3) is 3.63. The minimum absolute atomic E-state index is 0.0230. The molecule has 0 spiro atoms. The summed E-state index contributed by atoms with van der Waals surface area (Å²) in [4.78, 5) is 2.19. The first-order valence-electron chi connectivity index (χ1n) is 8.50. The highest BCUT2D eigenvalue weighted by Crippen LogP contribution is 2.42. The number of benzene rings is 2. The summed E-state index contributed by atoms with van der Waals surface area (Å²) in [6.07, 6.45) is 0.868. The van der Waals surface area contributed by atoms with Gasteiger partial charge < -0.3 is 10.2 Å². The second-order valence-electron chi connectivity index (χ2n) is 6.65. The average Bonchev–Trinajstić information content (AvgIpc) is 3.13. The fourth-order valence-electron chi connectivity index (χ4n) is 3.48. The number of aromatic hydroxyl groups is 2. The summed E-state index contributed by atoms with van der Waals surface area (Å²) in [5.41, 5.74) is 3.20. The third-order valence-electron chi connectivity index (χ3n) is 4.83. The molecule has 2 N–H and O–H groups in total. The molecule has 0 fully saturated rings. The molecule has 1 aliphatic rings. The van der Waals surface area contributed by atoms with E-state index in [0.717, 1.165) is 29.1 Å². The van der Waals surface area contributed by atoms with Crippen molar-refractivity contribution in [2.75, 3.05) is 6.54 Å². The molecule has 0 unspecified atom stereocenters. The van der Waals surface area contributed by atoms with Crippen LogP contribution >= 0.6 is 34.8 Å². The van der Waals surface area contributed by atoms with Gasteiger partial charge in [0.2, 0.25) is 11.8 Å². The van der Waals surface area contributed by atoms with E-state index in [4.69, 9.17) is 34.8 Å². The van der Waals surface area contributed by atoms with E-state index in [0.29, 0.717) is 28.8 Å². The fraction of sp³-hybridized carbons (Fsp3) is 0.200. The largest absolute Gasteiger partial charge is 0.494 e. The lowest BCUT2D eigenvalue weighted by Gasteiger charge is -2.17. The van der Waals surface area contributed by atoms with E-state index in [1.54, 1.807) is 18.2 Å². The van der Waals surface area contributed by atoms with Crippen molar-refractivity contribution < 1.29 is 10.2 Å². The van der Waals surface area contributed by atoms with Gasteiger partial charge in [-0.2, -0.15) is 0 Å². The topological polar surface area (TPSA) is 48.6 Å². The highest BCUT2D eigenvalue weighted by atomic mass is 35.5. The summed E-state index contributed by atoms with van der Waals surface area (Å²) in [6.45, 7) is 1.96. The van der Waals surface area contributed by atoms with Crippen molar-refractivity contribution in [3.63, 3.8) is 0 Å². The molecule has 27 heavy (non-hydrogen) atoms. The SMILES string of the molecule is Oc1c2c(c(O)n1-c1cc(Cl)cc(Cl)c1)CN(CCc1ccc(Cl)cc1)C2. The van der Waals surface area contributed by atoms with Gasteiger partial charge in [0.05, 0.1) is 5.69 Å². The van der Waals surface area contributed by atoms with Crippen LogP contribution in [0.1, 0.15) is 16.7 Å². The van der Waals surface area contributed by atoms with Crippen LogP contribution in [0.5, 0.6) is 11.8 Å². The zero-order valence-corrected chi connectivity index (χ0v) is 16.6. The number of halogens is 3. The van der Waals surface area contributed by atoms with Gasteiger partial charge in [-0.15, -0.1) is 0 Å². The summed E-state index contributed by atoms with van der Waals surface area (Å²) in [6, 6.07) is 12.7. The number of rotatable bonds is 4. The second kappa shape index (κ2) is 7.28. The molecule has 0 bridgehead atoms. The van der Waals surface area contributed by atoms with Crippen LogP contribution in [-0.2, 0) is 19.5 Å². The molecule has 1 aliphatic heterocycles. The Hall–Kier alpha value is -1.85. The minimum Gasteiger partial charge on any atom is -0.494 e. The van der Waals surface area contributed by atoms with E-state index in [1.165, 1.54) is 10.1 Å². The molecule has 2 aromatic carbocycles. The van der Waals surface area contributed by atoms with Gasteiger partial charge in [0.15, 0.2) is 0 Å². The van der Waals surface area contributed by atoms with E-state index in [2.05, 4.69) is 4.90 Å². The molecule has 0 atom stereocenters. The van der Waals surface area contributed by atoms with Gasteiger partial charge in [-0.1, -0.05) is 46.9 Å². The van der Waals surface area contributed by atoms with Crippen LogP contribution in [0.4, 0.5) is 0 Å². The molecular weight excluding hydrogens is 407 g/mol. The van der Waals surface area contributed by atoms with E-state index in [-0.39, 0.29) is 11.8 Å². The molecule has 0 saturated heterocycles. The van der Waals surface area contributed by atoms with Crippen LogP contribution in [0.2, 0.25) is 15.1 Å². The van der Waals surface area contributed by atoms with E-state index < -0.39 is 0 Å². The highest BCUT2D eigenvalue weighted by Gasteiger charge is 2.31. The zero-order chi connectivity index (χ0) is 19.1. The molecule has 140 valence electrons. The highest BCUT2D eigenvalue weighted by molar-refractivity contribution is 6.34. The number of nitrogens with zero attached hydrogens (tertiary/aromatic N) is 2. The number of hydrogen-bond donors (Lipinski definition) is 2. The molecule has 4 nitrogen and oxygen atoms in total. The van der Waals surface area contributed by atoms with Gasteiger partial charge >= 0.3 is 0 Å². The molecule has 0 amide bonds. The van der Waals surface area contributed by atoms with Crippen LogP contribution in [0.3, 0.4) is 0 Å². The summed E-state index contributed by atoms with van der Waals surface area (Å²) in [7, 11) is 0. The number of hydrogen-bond acceptors (Lipinski definition) is 3. The summed E-state index contributed by atoms with van der Waals surface area (Å²) >= 11 is 18.0. The predicted molar refractivity (Wildman–Crippen MR) is 108 cm³/mol. The molecule has 7 heteroatoms. The van der Waals surface area contributed by atoms with Gasteiger partial charge in [0.25, 0.3) is 0 Å². The summed E-state index contributed by atoms with van der Waals surface area (Å²) < 4.78 is 1.39. The monoisotopic (exact) mass is 422 g/mol. The van der Waals surface area contributed by atoms with Crippen molar-refractivity contribution in [2.24, 2.45) is 0 Å². The summed E-state index contributed by atoms with van der Waals surface area (Å²) in [5, 5.41) is 23.0. The Morgan fingerprint density at radius 1 is 0.778 bits per heavy atom. The van der Waals surface area contributed by atoms with Gasteiger partial charge in [0.1, 0.15) is 0 Å². The van der Waals surface area contributed by atoms with Crippen LogP contribution in [0, 0.1) is 0 Å². The van der Waals surface area contributed by atoms with Gasteiger partial charge in [0, 0.05) is 45.8 Å². The van der Waals surface area contributed by atoms with Crippen LogP contribution in [0.25, 0.3) is 5.69 Å². The molecule has 1 aromatic heterocycles. The number of aromatic nitrogens is 1. The van der Waals surface area contributed by atoms with E-state index in [1.807, 2.05) is 24.3 Å². The van der Waals surface area contributed by atoms with Crippen LogP contribution in [-0.4, -0.2) is 26.2 Å². The van der Waals surface area contributed by atoms with Gasteiger partial charge in [-0.25, -0.2) is 0 Å². The lowest BCUT2D eigenvalue weighted by Crippen LogP contribution is -2.20. The standard InChI is InChI=1S/C20H17Cl3N2O2/c21-13-3-1-12(2-4-13)5-6-24-10-17-18(11-24)20(27)25(19(17)26)16-8-14(22)7-15(23)9-16/h1-4,7-9,26-27H,5-6,10-11H2. The van der Waals surface area contributed by atoms with Crippen molar-refractivity contribution in [3.8, 4) is 17.4 Å². The quantitative estimate of drug-likeness (QED) is 0.590. The minimum atomic E-state index is 0.0230. The predicted octanol–water partition coefficient (Wildman–Crippen LogP) is 5.41. The lowest BCUT2D eigenvalue weighted by atomic mass is 10.1. The molecule has 0 radical (unpaired) electrons. The molecule has 4 rings (SSSR count). The Kier molecular flexibility index (Phi) is 4.99. The van der Waals surface area contributed by atoms with Crippen LogP contribution < -0.4 is 0 Å². The van der Waals surface area contributed by atoms with E-state index >= 15 is 0 Å².